The number of hydrogen-bond donors (Lipinski definition) is 2. The first-order chi connectivity index (χ1) is 8.58. The van der Waals surface area contributed by atoms with Crippen molar-refractivity contribution < 1.29 is 9.50 Å². The zero-order chi connectivity index (χ0) is 13.1. The van der Waals surface area contributed by atoms with Gasteiger partial charge in [0.05, 0.1) is 10.0 Å². The maximum absolute atomic E-state index is 13.2. The summed E-state index contributed by atoms with van der Waals surface area (Å²) in [5.41, 5.74) is 1.32. The lowest BCUT2D eigenvalue weighted by molar-refractivity contribution is 0.469. The van der Waals surface area contributed by atoms with Gasteiger partial charge in [-0.2, -0.15) is 0 Å². The van der Waals surface area contributed by atoms with E-state index in [1.165, 1.54) is 12.1 Å². The Balaban J connectivity index is 2.14. The third-order valence-corrected chi connectivity index (χ3v) is 3.01. The highest BCUT2D eigenvalue weighted by Crippen LogP contribution is 2.28. The number of nitrogens with one attached hydrogen (secondary N) is 1. The predicted octanol–water partition coefficient (Wildman–Crippen LogP) is 4.45. The smallest absolute Gasteiger partial charge is 0.160 e. The van der Waals surface area contributed by atoms with Crippen molar-refractivity contribution in [3.8, 4) is 5.75 Å². The van der Waals surface area contributed by atoms with Crippen LogP contribution in [0.25, 0.3) is 0 Å². The van der Waals surface area contributed by atoms with Gasteiger partial charge in [0.15, 0.2) is 5.82 Å². The van der Waals surface area contributed by atoms with Gasteiger partial charge in [0.25, 0.3) is 0 Å². The highest BCUT2D eigenvalue weighted by atomic mass is 35.5. The van der Waals surface area contributed by atoms with Crippen LogP contribution in [0.5, 0.6) is 5.75 Å². The summed E-state index contributed by atoms with van der Waals surface area (Å²) in [4.78, 5) is 0. The van der Waals surface area contributed by atoms with Crippen LogP contribution in [0.4, 0.5) is 10.1 Å². The Morgan fingerprint density at radius 3 is 2.33 bits per heavy atom. The van der Waals surface area contributed by atoms with E-state index in [0.717, 1.165) is 5.56 Å². The van der Waals surface area contributed by atoms with Crippen molar-refractivity contribution >= 4 is 28.9 Å². The number of rotatable bonds is 3. The summed E-state index contributed by atoms with van der Waals surface area (Å²) < 4.78 is 13.2. The normalized spacial score (nSPS) is 10.4. The molecule has 0 aromatic heterocycles. The fraction of sp³-hybridized carbons (Fsp3) is 0.0769. The van der Waals surface area contributed by atoms with Gasteiger partial charge < -0.3 is 10.4 Å². The van der Waals surface area contributed by atoms with Crippen LogP contribution in [0.2, 0.25) is 10.0 Å². The molecule has 0 amide bonds. The number of anilines is 1. The minimum Gasteiger partial charge on any atom is -0.508 e. The van der Waals surface area contributed by atoms with Gasteiger partial charge in [-0.15, -0.1) is 0 Å². The maximum atomic E-state index is 13.2. The molecule has 94 valence electrons. The summed E-state index contributed by atoms with van der Waals surface area (Å²) in [6.07, 6.45) is 0. The average Bonchev–Trinajstić information content (AvgIpc) is 2.35. The molecule has 2 aromatic carbocycles. The van der Waals surface area contributed by atoms with E-state index in [-0.39, 0.29) is 15.8 Å². The lowest BCUT2D eigenvalue weighted by atomic mass is 10.2. The molecule has 0 radical (unpaired) electrons. The molecule has 0 atom stereocenters. The molecule has 5 heteroatoms. The van der Waals surface area contributed by atoms with E-state index >= 15 is 0 Å². The second-order valence-electron chi connectivity index (χ2n) is 3.74. The third kappa shape index (κ3) is 2.86. The number of aromatic hydroxyl groups is 1. The van der Waals surface area contributed by atoms with Crippen LogP contribution >= 0.6 is 23.2 Å². The van der Waals surface area contributed by atoms with Gasteiger partial charge in [-0.05, 0) is 18.2 Å². The van der Waals surface area contributed by atoms with E-state index in [2.05, 4.69) is 5.32 Å². The topological polar surface area (TPSA) is 32.3 Å². The van der Waals surface area contributed by atoms with Crippen LogP contribution < -0.4 is 5.32 Å². The summed E-state index contributed by atoms with van der Waals surface area (Å²) in [5.74, 6) is -0.434. The van der Waals surface area contributed by atoms with Crippen LogP contribution in [-0.2, 0) is 6.54 Å². The van der Waals surface area contributed by atoms with Gasteiger partial charge >= 0.3 is 0 Å². The van der Waals surface area contributed by atoms with Crippen molar-refractivity contribution in [1.29, 1.82) is 0 Å². The Hall–Kier alpha value is -1.45. The monoisotopic (exact) mass is 285 g/mol. The number of halogens is 3. The first-order valence-corrected chi connectivity index (χ1v) is 5.99. The van der Waals surface area contributed by atoms with E-state index in [1.807, 2.05) is 6.07 Å². The van der Waals surface area contributed by atoms with E-state index in [0.29, 0.717) is 12.2 Å². The van der Waals surface area contributed by atoms with E-state index in [1.54, 1.807) is 18.2 Å². The molecule has 0 heterocycles. The summed E-state index contributed by atoms with van der Waals surface area (Å²) in [7, 11) is 0. The lowest BCUT2D eigenvalue weighted by Crippen LogP contribution is -2.00. The van der Waals surface area contributed by atoms with E-state index in [9.17, 15) is 9.50 Å². The maximum Gasteiger partial charge on any atom is 0.160 e. The largest absolute Gasteiger partial charge is 0.508 e. The Kier molecular flexibility index (Phi) is 3.94. The number of hydrogen-bond acceptors (Lipinski definition) is 2. The number of benzene rings is 2. The van der Waals surface area contributed by atoms with Crippen molar-refractivity contribution in [3.05, 3.63) is 57.8 Å². The van der Waals surface area contributed by atoms with Crippen molar-refractivity contribution in [1.82, 2.24) is 0 Å². The molecule has 0 spiro atoms. The summed E-state index contributed by atoms with van der Waals surface area (Å²) in [6.45, 7) is 0.394. The SMILES string of the molecule is Oc1ccccc1CNc1cc(Cl)c(F)c(Cl)c1. The van der Waals surface area contributed by atoms with Crippen LogP contribution in [0.3, 0.4) is 0 Å². The molecule has 0 saturated heterocycles. The van der Waals surface area contributed by atoms with Crippen LogP contribution in [0.1, 0.15) is 5.56 Å². The molecular weight excluding hydrogens is 276 g/mol. The number of para-hydroxylation sites is 1. The van der Waals surface area contributed by atoms with Crippen molar-refractivity contribution in [2.24, 2.45) is 0 Å². The number of phenols is 1. The third-order valence-electron chi connectivity index (χ3n) is 2.46. The predicted molar refractivity (Wildman–Crippen MR) is 71.9 cm³/mol. The quantitative estimate of drug-likeness (QED) is 0.817. The van der Waals surface area contributed by atoms with Crippen LogP contribution in [0, 0.1) is 5.82 Å². The average molecular weight is 286 g/mol. The molecule has 2 rings (SSSR count). The zero-order valence-corrected chi connectivity index (χ0v) is 10.8. The van der Waals surface area contributed by atoms with Crippen molar-refractivity contribution in [2.45, 2.75) is 6.54 Å². The van der Waals surface area contributed by atoms with Gasteiger partial charge in [-0.25, -0.2) is 4.39 Å². The highest BCUT2D eigenvalue weighted by molar-refractivity contribution is 6.35. The second-order valence-corrected chi connectivity index (χ2v) is 4.55. The van der Waals surface area contributed by atoms with E-state index < -0.39 is 5.82 Å². The lowest BCUT2D eigenvalue weighted by Gasteiger charge is -2.09. The van der Waals surface area contributed by atoms with Crippen LogP contribution in [0.15, 0.2) is 36.4 Å². The first kappa shape index (κ1) is 13.0. The minimum absolute atomic E-state index is 0.0396. The molecule has 0 unspecified atom stereocenters. The Bertz CT molecular complexity index is 552. The molecule has 2 aromatic rings. The van der Waals surface area contributed by atoms with Gasteiger partial charge in [-0.3, -0.25) is 0 Å². The fourth-order valence-electron chi connectivity index (χ4n) is 1.52. The molecule has 0 fully saturated rings. The molecule has 0 aliphatic heterocycles. The van der Waals surface area contributed by atoms with Gasteiger partial charge in [0, 0.05) is 17.8 Å². The zero-order valence-electron chi connectivity index (χ0n) is 9.25. The molecule has 0 saturated carbocycles. The molecule has 2 N–H and O–H groups in total. The Morgan fingerprint density at radius 2 is 1.72 bits per heavy atom. The summed E-state index contributed by atoms with van der Waals surface area (Å²) in [6, 6.07) is 9.84. The molecule has 18 heavy (non-hydrogen) atoms. The first-order valence-electron chi connectivity index (χ1n) is 5.23. The van der Waals surface area contributed by atoms with E-state index in [4.69, 9.17) is 23.2 Å². The number of phenolic OH excluding ortho intramolecular Hbond substituents is 1. The van der Waals surface area contributed by atoms with Gasteiger partial charge in [0.2, 0.25) is 0 Å². The molecular formula is C13H10Cl2FNO. The molecule has 0 aliphatic carbocycles. The van der Waals surface area contributed by atoms with Crippen LogP contribution in [-0.4, -0.2) is 5.11 Å². The Labute approximate surface area is 114 Å². The Morgan fingerprint density at radius 1 is 1.11 bits per heavy atom. The summed E-state index contributed by atoms with van der Waals surface area (Å²) >= 11 is 11.4. The summed E-state index contributed by atoms with van der Waals surface area (Å²) in [5, 5.41) is 12.5. The molecule has 2 nitrogen and oxygen atoms in total. The van der Waals surface area contributed by atoms with Gasteiger partial charge in [0.1, 0.15) is 5.75 Å². The van der Waals surface area contributed by atoms with Crippen molar-refractivity contribution in [3.63, 3.8) is 0 Å². The second kappa shape index (κ2) is 5.46. The molecule has 0 aliphatic rings. The minimum atomic E-state index is -0.633. The van der Waals surface area contributed by atoms with Crippen molar-refractivity contribution in [2.75, 3.05) is 5.32 Å². The molecule has 0 bridgehead atoms. The highest BCUT2D eigenvalue weighted by Gasteiger charge is 2.07. The van der Waals surface area contributed by atoms with Gasteiger partial charge in [-0.1, -0.05) is 41.4 Å². The standard InChI is InChI=1S/C13H10Cl2FNO/c14-10-5-9(6-11(15)13(10)16)17-7-8-3-1-2-4-12(8)18/h1-6,17-18H,7H2. The fourth-order valence-corrected chi connectivity index (χ4v) is 2.00.